The minimum atomic E-state index is -1.07. The molecule has 7 nitrogen and oxygen atoms in total. The van der Waals surface area contributed by atoms with Crippen LogP contribution in [0.25, 0.3) is 0 Å². The van der Waals surface area contributed by atoms with Gasteiger partial charge in [-0.1, -0.05) is 13.8 Å². The highest BCUT2D eigenvalue weighted by Gasteiger charge is 2.22. The Labute approximate surface area is 124 Å². The zero-order valence-corrected chi connectivity index (χ0v) is 12.6. The molecule has 0 aromatic carbocycles. The van der Waals surface area contributed by atoms with Crippen LogP contribution in [0.1, 0.15) is 33.1 Å². The molecule has 0 heterocycles. The summed E-state index contributed by atoms with van der Waals surface area (Å²) < 4.78 is 5.19. The van der Waals surface area contributed by atoms with Gasteiger partial charge < -0.3 is 20.5 Å². The number of carboxylic acids is 1. The van der Waals surface area contributed by atoms with Crippen molar-refractivity contribution in [1.82, 2.24) is 10.6 Å². The lowest BCUT2D eigenvalue weighted by molar-refractivity contribution is -0.142. The van der Waals surface area contributed by atoms with Gasteiger partial charge in [-0.3, -0.25) is 9.59 Å². The summed E-state index contributed by atoms with van der Waals surface area (Å²) in [4.78, 5) is 34.0. The zero-order valence-electron chi connectivity index (χ0n) is 12.6. The molecule has 1 atom stereocenters. The minimum Gasteiger partial charge on any atom is -0.480 e. The lowest BCUT2D eigenvalue weighted by Crippen LogP contribution is -2.46. The summed E-state index contributed by atoms with van der Waals surface area (Å²) in [6.45, 7) is 4.02. The topological polar surface area (TPSA) is 105 Å². The van der Waals surface area contributed by atoms with Crippen LogP contribution in [0, 0.1) is 11.8 Å². The van der Waals surface area contributed by atoms with Gasteiger partial charge in [0.1, 0.15) is 12.6 Å². The summed E-state index contributed by atoms with van der Waals surface area (Å²) in [6.07, 6.45) is 2.65. The van der Waals surface area contributed by atoms with Crippen molar-refractivity contribution in [3.05, 3.63) is 0 Å². The number of aliphatic carboxylic acids is 1. The van der Waals surface area contributed by atoms with E-state index in [0.29, 0.717) is 18.9 Å². The van der Waals surface area contributed by atoms with Gasteiger partial charge in [-0.05, 0) is 31.1 Å². The molecule has 21 heavy (non-hydrogen) atoms. The SMILES string of the molecule is CC(C)C[C@H](NC(=O)CNC(=O)COCC1CC1)C(=O)O. The van der Waals surface area contributed by atoms with Crippen molar-refractivity contribution in [2.24, 2.45) is 11.8 Å². The fraction of sp³-hybridized carbons (Fsp3) is 0.786. The van der Waals surface area contributed by atoms with Crippen molar-refractivity contribution in [3.63, 3.8) is 0 Å². The predicted octanol–water partition coefficient (Wildman–Crippen LogP) is 0.145. The third-order valence-corrected chi connectivity index (χ3v) is 3.07. The van der Waals surface area contributed by atoms with Gasteiger partial charge in [0.25, 0.3) is 0 Å². The fourth-order valence-corrected chi connectivity index (χ4v) is 1.77. The molecule has 0 unspecified atom stereocenters. The van der Waals surface area contributed by atoms with Gasteiger partial charge >= 0.3 is 5.97 Å². The second kappa shape index (κ2) is 8.61. The van der Waals surface area contributed by atoms with Crippen molar-refractivity contribution in [3.8, 4) is 0 Å². The van der Waals surface area contributed by atoms with E-state index in [4.69, 9.17) is 9.84 Å². The third kappa shape index (κ3) is 8.29. The average molecular weight is 300 g/mol. The van der Waals surface area contributed by atoms with E-state index in [-0.39, 0.29) is 25.0 Å². The van der Waals surface area contributed by atoms with E-state index in [1.54, 1.807) is 0 Å². The molecular formula is C14H24N2O5. The first-order chi connectivity index (χ1) is 9.88. The summed E-state index contributed by atoms with van der Waals surface area (Å²) in [5.41, 5.74) is 0. The Balaban J connectivity index is 2.18. The van der Waals surface area contributed by atoms with Crippen LogP contribution >= 0.6 is 0 Å². The van der Waals surface area contributed by atoms with E-state index in [9.17, 15) is 14.4 Å². The van der Waals surface area contributed by atoms with Crippen LogP contribution in [-0.4, -0.2) is 48.7 Å². The first-order valence-electron chi connectivity index (χ1n) is 7.25. The van der Waals surface area contributed by atoms with Crippen molar-refractivity contribution in [1.29, 1.82) is 0 Å². The molecule has 7 heteroatoms. The number of amides is 2. The smallest absolute Gasteiger partial charge is 0.326 e. The molecule has 120 valence electrons. The molecule has 3 N–H and O–H groups in total. The van der Waals surface area contributed by atoms with Crippen molar-refractivity contribution < 1.29 is 24.2 Å². The molecule has 0 spiro atoms. The number of hydrogen-bond donors (Lipinski definition) is 3. The first kappa shape index (κ1) is 17.4. The third-order valence-electron chi connectivity index (χ3n) is 3.07. The van der Waals surface area contributed by atoms with Gasteiger partial charge in [0, 0.05) is 0 Å². The Kier molecular flexibility index (Phi) is 7.14. The van der Waals surface area contributed by atoms with E-state index in [0.717, 1.165) is 12.8 Å². The van der Waals surface area contributed by atoms with E-state index >= 15 is 0 Å². The van der Waals surface area contributed by atoms with Gasteiger partial charge in [0.15, 0.2) is 0 Å². The molecule has 0 saturated heterocycles. The van der Waals surface area contributed by atoms with Crippen LogP contribution in [0.15, 0.2) is 0 Å². The van der Waals surface area contributed by atoms with Crippen molar-refractivity contribution in [2.75, 3.05) is 19.8 Å². The van der Waals surface area contributed by atoms with Gasteiger partial charge in [-0.15, -0.1) is 0 Å². The summed E-state index contributed by atoms with van der Waals surface area (Å²) in [6, 6.07) is -0.930. The van der Waals surface area contributed by atoms with Crippen LogP contribution < -0.4 is 10.6 Å². The Bertz CT molecular complexity index is 380. The number of rotatable bonds is 10. The Morgan fingerprint density at radius 2 is 1.90 bits per heavy atom. The van der Waals surface area contributed by atoms with E-state index < -0.39 is 17.9 Å². The van der Waals surface area contributed by atoms with Crippen LogP contribution in [0.5, 0.6) is 0 Å². The average Bonchev–Trinajstić information content (AvgIpc) is 3.19. The molecule has 0 bridgehead atoms. The van der Waals surface area contributed by atoms with Crippen molar-refractivity contribution >= 4 is 17.8 Å². The zero-order chi connectivity index (χ0) is 15.8. The van der Waals surface area contributed by atoms with Gasteiger partial charge in [0.05, 0.1) is 13.2 Å². The van der Waals surface area contributed by atoms with E-state index in [2.05, 4.69) is 10.6 Å². The van der Waals surface area contributed by atoms with Gasteiger partial charge in [-0.25, -0.2) is 4.79 Å². The Hall–Kier alpha value is -1.63. The summed E-state index contributed by atoms with van der Waals surface area (Å²) in [5, 5.41) is 13.8. The quantitative estimate of drug-likeness (QED) is 0.532. The summed E-state index contributed by atoms with van der Waals surface area (Å²) in [5.74, 6) is -1.23. The maximum absolute atomic E-state index is 11.6. The molecule has 0 aliphatic heterocycles. The minimum absolute atomic E-state index is 0.0713. The standard InChI is InChI=1S/C14H24N2O5/c1-9(2)5-11(14(19)20)16-12(17)6-15-13(18)8-21-7-10-3-4-10/h9-11H,3-8H2,1-2H3,(H,15,18)(H,16,17)(H,19,20)/t11-/m0/s1. The molecule has 0 radical (unpaired) electrons. The lowest BCUT2D eigenvalue weighted by atomic mass is 10.0. The highest BCUT2D eigenvalue weighted by atomic mass is 16.5. The number of nitrogens with one attached hydrogen (secondary N) is 2. The van der Waals surface area contributed by atoms with Crippen LogP contribution in [0.4, 0.5) is 0 Å². The highest BCUT2D eigenvalue weighted by molar-refractivity contribution is 5.88. The molecule has 1 aliphatic carbocycles. The molecular weight excluding hydrogens is 276 g/mol. The molecule has 1 rings (SSSR count). The van der Waals surface area contributed by atoms with Gasteiger partial charge in [0.2, 0.25) is 11.8 Å². The Morgan fingerprint density at radius 1 is 1.24 bits per heavy atom. The molecule has 2 amide bonds. The molecule has 1 saturated carbocycles. The fourth-order valence-electron chi connectivity index (χ4n) is 1.77. The second-order valence-corrected chi connectivity index (χ2v) is 5.82. The molecule has 1 fully saturated rings. The van der Waals surface area contributed by atoms with Crippen LogP contribution in [0.2, 0.25) is 0 Å². The maximum atomic E-state index is 11.6. The first-order valence-corrected chi connectivity index (χ1v) is 7.25. The molecule has 1 aliphatic rings. The number of carbonyl (C=O) groups is 3. The van der Waals surface area contributed by atoms with Crippen LogP contribution in [-0.2, 0) is 19.1 Å². The Morgan fingerprint density at radius 3 is 2.43 bits per heavy atom. The molecule has 0 aromatic heterocycles. The van der Waals surface area contributed by atoms with Gasteiger partial charge in [-0.2, -0.15) is 0 Å². The number of carbonyl (C=O) groups excluding carboxylic acids is 2. The van der Waals surface area contributed by atoms with Crippen LogP contribution in [0.3, 0.4) is 0 Å². The monoisotopic (exact) mass is 300 g/mol. The lowest BCUT2D eigenvalue weighted by Gasteiger charge is -2.16. The molecule has 0 aromatic rings. The normalized spacial score (nSPS) is 15.6. The number of hydrogen-bond acceptors (Lipinski definition) is 4. The summed E-state index contributed by atoms with van der Waals surface area (Å²) in [7, 11) is 0. The van der Waals surface area contributed by atoms with Crippen molar-refractivity contribution in [2.45, 2.75) is 39.2 Å². The highest BCUT2D eigenvalue weighted by Crippen LogP contribution is 2.28. The van der Waals surface area contributed by atoms with E-state index in [1.807, 2.05) is 13.8 Å². The number of ether oxygens (including phenoxy) is 1. The number of carboxylic acid groups (broad SMARTS) is 1. The summed E-state index contributed by atoms with van der Waals surface area (Å²) >= 11 is 0. The largest absolute Gasteiger partial charge is 0.480 e. The second-order valence-electron chi connectivity index (χ2n) is 5.82. The maximum Gasteiger partial charge on any atom is 0.326 e. The predicted molar refractivity (Wildman–Crippen MR) is 75.6 cm³/mol. The van der Waals surface area contributed by atoms with E-state index in [1.165, 1.54) is 0 Å².